The van der Waals surface area contributed by atoms with E-state index in [1.54, 1.807) is 0 Å². The molecule has 0 heterocycles. The Balaban J connectivity index is 3.48. The van der Waals surface area contributed by atoms with Crippen LogP contribution in [0.25, 0.3) is 0 Å². The van der Waals surface area contributed by atoms with Crippen molar-refractivity contribution in [2.45, 2.75) is 26.1 Å². The predicted molar refractivity (Wildman–Crippen MR) is 38.1 cm³/mol. The van der Waals surface area contributed by atoms with E-state index >= 15 is 0 Å². The number of hydrogen-bond donors (Lipinski definition) is 0. The quantitative estimate of drug-likeness (QED) is 0.645. The predicted octanol–water partition coefficient (Wildman–Crippen LogP) is 1.52. The van der Waals surface area contributed by atoms with E-state index in [1.165, 1.54) is 13.8 Å². The summed E-state index contributed by atoms with van der Waals surface area (Å²) in [5.74, 6) is -0.539. The van der Waals surface area contributed by atoms with Crippen molar-refractivity contribution < 1.29 is 27.4 Å². The third kappa shape index (κ3) is 9.13. The molecule has 1 atom stereocenters. The number of halogens is 3. The maximum Gasteiger partial charge on any atom is 0.411 e. The minimum Gasteiger partial charge on any atom is -0.460 e. The van der Waals surface area contributed by atoms with Gasteiger partial charge < -0.3 is 9.47 Å². The summed E-state index contributed by atoms with van der Waals surface area (Å²) >= 11 is 0. The molecule has 0 saturated heterocycles. The molecular formula is C7H11F3O3. The summed E-state index contributed by atoms with van der Waals surface area (Å²) in [6.45, 7) is 1.07. The SMILES string of the molecule is CC(=O)OC(C)COCC(F)(F)F. The average molecular weight is 200 g/mol. The minimum atomic E-state index is -4.34. The van der Waals surface area contributed by atoms with Crippen molar-refractivity contribution in [1.29, 1.82) is 0 Å². The van der Waals surface area contributed by atoms with Gasteiger partial charge in [0.05, 0.1) is 6.61 Å². The van der Waals surface area contributed by atoms with Crippen LogP contribution in [0.1, 0.15) is 13.8 Å². The zero-order valence-corrected chi connectivity index (χ0v) is 7.35. The zero-order chi connectivity index (χ0) is 10.5. The summed E-state index contributed by atoms with van der Waals surface area (Å²) in [5.41, 5.74) is 0. The molecule has 78 valence electrons. The van der Waals surface area contributed by atoms with Gasteiger partial charge in [-0.25, -0.2) is 0 Å². The number of ether oxygens (including phenoxy) is 2. The lowest BCUT2D eigenvalue weighted by Gasteiger charge is -2.13. The summed E-state index contributed by atoms with van der Waals surface area (Å²) in [7, 11) is 0. The molecule has 0 radical (unpaired) electrons. The summed E-state index contributed by atoms with van der Waals surface area (Å²) in [6, 6.07) is 0. The first kappa shape index (κ1) is 12.2. The maximum absolute atomic E-state index is 11.5. The second-order valence-electron chi connectivity index (χ2n) is 2.55. The maximum atomic E-state index is 11.5. The molecule has 0 amide bonds. The Morgan fingerprint density at radius 1 is 1.46 bits per heavy atom. The fourth-order valence-corrected chi connectivity index (χ4v) is 0.658. The molecule has 0 aliphatic heterocycles. The van der Waals surface area contributed by atoms with Crippen molar-refractivity contribution in [3.8, 4) is 0 Å². The van der Waals surface area contributed by atoms with Crippen LogP contribution in [0, 0.1) is 0 Å². The number of carbonyl (C=O) groups excluding carboxylic acids is 1. The highest BCUT2D eigenvalue weighted by molar-refractivity contribution is 5.66. The number of carbonyl (C=O) groups is 1. The van der Waals surface area contributed by atoms with Crippen LogP contribution in [0.2, 0.25) is 0 Å². The lowest BCUT2D eigenvalue weighted by atomic mass is 10.4. The van der Waals surface area contributed by atoms with Crippen molar-refractivity contribution in [1.82, 2.24) is 0 Å². The molecule has 1 unspecified atom stereocenters. The highest BCUT2D eigenvalue weighted by Crippen LogP contribution is 2.14. The molecule has 0 aromatic rings. The molecule has 0 aliphatic carbocycles. The topological polar surface area (TPSA) is 35.5 Å². The third-order valence-electron chi connectivity index (χ3n) is 0.985. The van der Waals surface area contributed by atoms with E-state index in [1.807, 2.05) is 0 Å². The molecule has 0 aromatic heterocycles. The lowest BCUT2D eigenvalue weighted by molar-refractivity contribution is -0.181. The molecule has 0 fully saturated rings. The van der Waals surface area contributed by atoms with Gasteiger partial charge in [-0.15, -0.1) is 0 Å². The molecule has 3 nitrogen and oxygen atoms in total. The van der Waals surface area contributed by atoms with Crippen molar-refractivity contribution in [2.75, 3.05) is 13.2 Å². The normalized spacial score (nSPS) is 13.9. The van der Waals surface area contributed by atoms with Gasteiger partial charge in [-0.1, -0.05) is 0 Å². The fraction of sp³-hybridized carbons (Fsp3) is 0.857. The summed E-state index contributed by atoms with van der Waals surface area (Å²) in [6.07, 6.45) is -4.99. The van der Waals surface area contributed by atoms with Crippen LogP contribution in [0.15, 0.2) is 0 Å². The second-order valence-corrected chi connectivity index (χ2v) is 2.55. The molecule has 0 spiro atoms. The molecule has 0 saturated carbocycles. The van der Waals surface area contributed by atoms with Gasteiger partial charge in [0.25, 0.3) is 0 Å². The number of hydrogen-bond acceptors (Lipinski definition) is 3. The molecule has 0 N–H and O–H groups in total. The van der Waals surface area contributed by atoms with Gasteiger partial charge in [0.15, 0.2) is 0 Å². The van der Waals surface area contributed by atoms with E-state index in [9.17, 15) is 18.0 Å². The first-order chi connectivity index (χ1) is 5.81. The largest absolute Gasteiger partial charge is 0.460 e. The third-order valence-corrected chi connectivity index (χ3v) is 0.985. The Kier molecular flexibility index (Phi) is 4.76. The van der Waals surface area contributed by atoms with E-state index in [0.717, 1.165) is 0 Å². The highest BCUT2D eigenvalue weighted by atomic mass is 19.4. The van der Waals surface area contributed by atoms with Crippen LogP contribution < -0.4 is 0 Å². The first-order valence-electron chi connectivity index (χ1n) is 3.63. The van der Waals surface area contributed by atoms with E-state index in [0.29, 0.717) is 0 Å². The Bertz CT molecular complexity index is 167. The van der Waals surface area contributed by atoms with Gasteiger partial charge in [-0.2, -0.15) is 13.2 Å². The second kappa shape index (κ2) is 5.06. The van der Waals surface area contributed by atoms with Gasteiger partial charge >= 0.3 is 12.1 Å². The number of rotatable bonds is 4. The van der Waals surface area contributed by atoms with Crippen LogP contribution in [0.5, 0.6) is 0 Å². The van der Waals surface area contributed by atoms with E-state index in [2.05, 4.69) is 9.47 Å². The molecule has 0 bridgehead atoms. The summed E-state index contributed by atoms with van der Waals surface area (Å²) in [4.78, 5) is 10.3. The molecule has 0 aromatic carbocycles. The van der Waals surface area contributed by atoms with Crippen LogP contribution in [0.3, 0.4) is 0 Å². The summed E-state index contributed by atoms with van der Waals surface area (Å²) in [5, 5.41) is 0. The van der Waals surface area contributed by atoms with Crippen molar-refractivity contribution in [2.24, 2.45) is 0 Å². The number of esters is 1. The van der Waals surface area contributed by atoms with Crippen molar-refractivity contribution >= 4 is 5.97 Å². The highest BCUT2D eigenvalue weighted by Gasteiger charge is 2.27. The summed E-state index contributed by atoms with van der Waals surface area (Å²) < 4.78 is 43.4. The monoisotopic (exact) mass is 200 g/mol. The van der Waals surface area contributed by atoms with E-state index < -0.39 is 24.9 Å². The molecule has 13 heavy (non-hydrogen) atoms. The van der Waals surface area contributed by atoms with E-state index in [-0.39, 0.29) is 6.61 Å². The van der Waals surface area contributed by atoms with Gasteiger partial charge in [0.1, 0.15) is 12.7 Å². The lowest BCUT2D eigenvalue weighted by Crippen LogP contribution is -2.24. The molecule has 0 rings (SSSR count). The van der Waals surface area contributed by atoms with Gasteiger partial charge in [0, 0.05) is 6.92 Å². The Hall–Kier alpha value is -0.780. The van der Waals surface area contributed by atoms with E-state index in [4.69, 9.17) is 0 Å². The smallest absolute Gasteiger partial charge is 0.411 e. The zero-order valence-electron chi connectivity index (χ0n) is 7.35. The molecular weight excluding hydrogens is 189 g/mol. The molecule has 0 aliphatic rings. The van der Waals surface area contributed by atoms with Gasteiger partial charge in [-0.05, 0) is 6.92 Å². The van der Waals surface area contributed by atoms with Crippen LogP contribution in [-0.2, 0) is 14.3 Å². The van der Waals surface area contributed by atoms with Crippen molar-refractivity contribution in [3.05, 3.63) is 0 Å². The van der Waals surface area contributed by atoms with Crippen molar-refractivity contribution in [3.63, 3.8) is 0 Å². The minimum absolute atomic E-state index is 0.251. The van der Waals surface area contributed by atoms with Crippen LogP contribution >= 0.6 is 0 Å². The van der Waals surface area contributed by atoms with Crippen LogP contribution in [-0.4, -0.2) is 31.5 Å². The fourth-order valence-electron chi connectivity index (χ4n) is 0.658. The average Bonchev–Trinajstić information content (AvgIpc) is 1.81. The number of alkyl halides is 3. The van der Waals surface area contributed by atoms with Gasteiger partial charge in [0.2, 0.25) is 0 Å². The Labute approximate surface area is 73.8 Å². The Morgan fingerprint density at radius 2 is 2.00 bits per heavy atom. The first-order valence-corrected chi connectivity index (χ1v) is 3.63. The molecule has 6 heteroatoms. The van der Waals surface area contributed by atoms with Gasteiger partial charge in [-0.3, -0.25) is 4.79 Å². The van der Waals surface area contributed by atoms with Crippen LogP contribution in [0.4, 0.5) is 13.2 Å². The Morgan fingerprint density at radius 3 is 2.38 bits per heavy atom. The standard InChI is InChI=1S/C7H11F3O3/c1-5(13-6(2)11)3-12-4-7(8,9)10/h5H,3-4H2,1-2H3.